The van der Waals surface area contributed by atoms with Crippen LogP contribution in [-0.4, -0.2) is 28.1 Å². The van der Waals surface area contributed by atoms with Crippen LogP contribution in [0.25, 0.3) is 0 Å². The molecule has 0 fully saturated rings. The van der Waals surface area contributed by atoms with E-state index in [1.54, 1.807) is 30.3 Å². The normalized spacial score (nSPS) is 13.3. The topological polar surface area (TPSA) is 101 Å². The first kappa shape index (κ1) is 14.7. The van der Waals surface area contributed by atoms with E-state index in [1.807, 2.05) is 0 Å². The Balaban J connectivity index is 2.67. The third kappa shape index (κ3) is 4.42. The maximum Gasteiger partial charge on any atom is 0.312 e. The van der Waals surface area contributed by atoms with E-state index in [-0.39, 0.29) is 0 Å². The molecule has 0 saturated heterocycles. The summed E-state index contributed by atoms with van der Waals surface area (Å²) >= 11 is 0. The number of hydrogen-bond donors (Lipinski definition) is 2. The highest BCUT2D eigenvalue weighted by Gasteiger charge is 2.32. The van der Waals surface area contributed by atoms with Crippen LogP contribution in [0.5, 0.6) is 5.75 Å². The molecule has 2 unspecified atom stereocenters. The van der Waals surface area contributed by atoms with Gasteiger partial charge in [-0.25, -0.2) is 0 Å². The number of aliphatic carboxylic acids is 2. The van der Waals surface area contributed by atoms with Crippen molar-refractivity contribution in [3.63, 3.8) is 0 Å². The highest BCUT2D eigenvalue weighted by Crippen LogP contribution is 2.18. The number of carboxylic acid groups (broad SMARTS) is 2. The highest BCUT2D eigenvalue weighted by atomic mass is 16.5. The Morgan fingerprint density at radius 1 is 1.11 bits per heavy atom. The minimum Gasteiger partial charge on any atom is -0.481 e. The van der Waals surface area contributed by atoms with E-state index in [0.717, 1.165) is 0 Å². The molecule has 0 aliphatic heterocycles. The number of esters is 1. The van der Waals surface area contributed by atoms with Gasteiger partial charge >= 0.3 is 17.9 Å². The summed E-state index contributed by atoms with van der Waals surface area (Å²) in [5, 5.41) is 17.7. The molecule has 0 amide bonds. The number of rotatable bonds is 6. The van der Waals surface area contributed by atoms with Gasteiger partial charge in [-0.3, -0.25) is 14.4 Å². The first-order valence-corrected chi connectivity index (χ1v) is 5.63. The quantitative estimate of drug-likeness (QED) is 0.596. The van der Waals surface area contributed by atoms with Crippen LogP contribution < -0.4 is 4.74 Å². The Kier molecular flexibility index (Phi) is 5.05. The lowest BCUT2D eigenvalue weighted by molar-refractivity contribution is -0.155. The van der Waals surface area contributed by atoms with Gasteiger partial charge in [0.1, 0.15) is 5.75 Å². The molecule has 6 nitrogen and oxygen atoms in total. The molecule has 0 aliphatic rings. The number of carbonyl (C=O) groups is 3. The summed E-state index contributed by atoms with van der Waals surface area (Å²) in [4.78, 5) is 33.3. The van der Waals surface area contributed by atoms with Crippen LogP contribution in [0.15, 0.2) is 30.3 Å². The van der Waals surface area contributed by atoms with E-state index in [9.17, 15) is 14.4 Å². The number of ether oxygens (including phenoxy) is 1. The summed E-state index contributed by atoms with van der Waals surface area (Å²) in [5.74, 6) is -5.55. The molecule has 0 aromatic heterocycles. The van der Waals surface area contributed by atoms with Crippen molar-refractivity contribution >= 4 is 17.9 Å². The smallest absolute Gasteiger partial charge is 0.312 e. The fourth-order valence-corrected chi connectivity index (χ4v) is 1.49. The van der Waals surface area contributed by atoms with Crippen LogP contribution in [0, 0.1) is 11.8 Å². The first-order chi connectivity index (χ1) is 8.91. The molecule has 0 saturated carbocycles. The molecular weight excluding hydrogens is 252 g/mol. The largest absolute Gasteiger partial charge is 0.481 e. The van der Waals surface area contributed by atoms with Gasteiger partial charge in [0.05, 0.1) is 18.3 Å². The summed E-state index contributed by atoms with van der Waals surface area (Å²) in [6, 6.07) is 8.17. The summed E-state index contributed by atoms with van der Waals surface area (Å²) in [5.41, 5.74) is 0. The molecule has 0 aliphatic carbocycles. The second kappa shape index (κ2) is 6.53. The third-order valence-corrected chi connectivity index (χ3v) is 2.67. The maximum absolute atomic E-state index is 11.6. The Hall–Kier alpha value is -2.37. The van der Waals surface area contributed by atoms with E-state index in [2.05, 4.69) is 0 Å². The minimum atomic E-state index is -1.33. The molecule has 0 radical (unpaired) electrons. The lowest BCUT2D eigenvalue weighted by atomic mass is 9.91. The predicted octanol–water partition coefficient (Wildman–Crippen LogP) is 1.40. The molecule has 19 heavy (non-hydrogen) atoms. The van der Waals surface area contributed by atoms with Gasteiger partial charge in [0.2, 0.25) is 0 Å². The van der Waals surface area contributed by atoms with Crippen molar-refractivity contribution in [2.75, 3.05) is 0 Å². The second-order valence-corrected chi connectivity index (χ2v) is 4.06. The van der Waals surface area contributed by atoms with Gasteiger partial charge in [0.25, 0.3) is 0 Å². The summed E-state index contributed by atoms with van der Waals surface area (Å²) in [7, 11) is 0. The number of para-hydroxylation sites is 1. The van der Waals surface area contributed by atoms with Gasteiger partial charge in [-0.2, -0.15) is 0 Å². The van der Waals surface area contributed by atoms with Gasteiger partial charge in [-0.15, -0.1) is 0 Å². The van der Waals surface area contributed by atoms with Gasteiger partial charge in [-0.05, 0) is 12.1 Å². The van der Waals surface area contributed by atoms with Crippen molar-refractivity contribution in [2.45, 2.75) is 13.3 Å². The monoisotopic (exact) mass is 266 g/mol. The van der Waals surface area contributed by atoms with Crippen LogP contribution in [0.1, 0.15) is 13.3 Å². The minimum absolute atomic E-state index is 0.291. The van der Waals surface area contributed by atoms with Crippen LogP contribution in [0.2, 0.25) is 0 Å². The summed E-state index contributed by atoms with van der Waals surface area (Å²) < 4.78 is 4.93. The zero-order valence-corrected chi connectivity index (χ0v) is 10.3. The Labute approximate surface area is 109 Å². The van der Waals surface area contributed by atoms with Crippen LogP contribution in [0.3, 0.4) is 0 Å². The van der Waals surface area contributed by atoms with Crippen molar-refractivity contribution in [1.29, 1.82) is 0 Å². The van der Waals surface area contributed by atoms with E-state index in [0.29, 0.717) is 5.75 Å². The van der Waals surface area contributed by atoms with E-state index in [4.69, 9.17) is 14.9 Å². The maximum atomic E-state index is 11.6. The second-order valence-electron chi connectivity index (χ2n) is 4.06. The average molecular weight is 266 g/mol. The molecule has 1 aromatic rings. The number of hydrogen-bond acceptors (Lipinski definition) is 4. The lowest BCUT2D eigenvalue weighted by Crippen LogP contribution is -2.30. The van der Waals surface area contributed by atoms with Crippen LogP contribution in [-0.2, 0) is 14.4 Å². The summed E-state index contributed by atoms with van der Waals surface area (Å²) in [6.07, 6.45) is -0.488. The average Bonchev–Trinajstić information content (AvgIpc) is 2.36. The Bertz CT molecular complexity index is 467. The SMILES string of the molecule is CC(C(=O)O)C(CC(=O)Oc1ccccc1)C(=O)O. The van der Waals surface area contributed by atoms with Gasteiger partial charge < -0.3 is 14.9 Å². The van der Waals surface area contributed by atoms with Gasteiger partial charge in [0.15, 0.2) is 0 Å². The van der Waals surface area contributed by atoms with Crippen molar-refractivity contribution in [2.24, 2.45) is 11.8 Å². The third-order valence-electron chi connectivity index (χ3n) is 2.67. The van der Waals surface area contributed by atoms with Crippen molar-refractivity contribution in [3.8, 4) is 5.75 Å². The van der Waals surface area contributed by atoms with Crippen LogP contribution in [0.4, 0.5) is 0 Å². The molecular formula is C13H14O6. The van der Waals surface area contributed by atoms with Crippen LogP contribution >= 0.6 is 0 Å². The first-order valence-electron chi connectivity index (χ1n) is 5.63. The molecule has 0 spiro atoms. The number of benzene rings is 1. The zero-order valence-electron chi connectivity index (χ0n) is 10.3. The molecule has 2 N–H and O–H groups in total. The van der Waals surface area contributed by atoms with Gasteiger partial charge in [0, 0.05) is 0 Å². The molecule has 1 aromatic carbocycles. The van der Waals surface area contributed by atoms with Gasteiger partial charge in [-0.1, -0.05) is 25.1 Å². The molecule has 2 atom stereocenters. The molecule has 102 valence electrons. The zero-order chi connectivity index (χ0) is 14.4. The predicted molar refractivity (Wildman–Crippen MR) is 64.6 cm³/mol. The molecule has 0 heterocycles. The Morgan fingerprint density at radius 2 is 1.68 bits per heavy atom. The van der Waals surface area contributed by atoms with E-state index in [1.165, 1.54) is 6.92 Å². The van der Waals surface area contributed by atoms with Crippen molar-refractivity contribution in [1.82, 2.24) is 0 Å². The molecule has 0 bridgehead atoms. The fourth-order valence-electron chi connectivity index (χ4n) is 1.49. The Morgan fingerprint density at radius 3 is 2.16 bits per heavy atom. The van der Waals surface area contributed by atoms with E-state index >= 15 is 0 Å². The standard InChI is InChI=1S/C13H14O6/c1-8(12(15)16)10(13(17)18)7-11(14)19-9-5-3-2-4-6-9/h2-6,8,10H,7H2,1H3,(H,15,16)(H,17,18). The lowest BCUT2D eigenvalue weighted by Gasteiger charge is -2.15. The molecule has 1 rings (SSSR count). The summed E-state index contributed by atoms with van der Waals surface area (Å²) in [6.45, 7) is 1.25. The van der Waals surface area contributed by atoms with Crippen molar-refractivity contribution < 1.29 is 29.3 Å². The highest BCUT2D eigenvalue weighted by molar-refractivity contribution is 5.84. The van der Waals surface area contributed by atoms with Crippen molar-refractivity contribution in [3.05, 3.63) is 30.3 Å². The molecule has 6 heteroatoms. The van der Waals surface area contributed by atoms with E-state index < -0.39 is 36.2 Å². The number of carbonyl (C=O) groups excluding carboxylic acids is 1. The number of carboxylic acids is 2. The fraction of sp³-hybridized carbons (Fsp3) is 0.308.